The SMILES string of the molecule is Cc1ccc(S(=O)(=O)N2CCC[C@@H]2C(=O)N[C@@H](CCC(=O)N2CCC(CNC(=O)CCC(=O)O)CC2)C(=O)O)cc1. The molecule has 226 valence electrons. The minimum Gasteiger partial charge on any atom is -0.481 e. The lowest BCUT2D eigenvalue weighted by Gasteiger charge is -2.32. The van der Waals surface area contributed by atoms with Crippen LogP contribution in [0.3, 0.4) is 0 Å². The highest BCUT2D eigenvalue weighted by Gasteiger charge is 2.40. The molecule has 0 unspecified atom stereocenters. The van der Waals surface area contributed by atoms with Crippen LogP contribution in [0.25, 0.3) is 0 Å². The van der Waals surface area contributed by atoms with Crippen molar-refractivity contribution in [3.05, 3.63) is 29.8 Å². The van der Waals surface area contributed by atoms with Gasteiger partial charge >= 0.3 is 11.9 Å². The number of nitrogens with zero attached hydrogens (tertiary/aromatic N) is 2. The molecule has 2 atom stereocenters. The number of aliphatic carboxylic acids is 2. The van der Waals surface area contributed by atoms with Crippen LogP contribution in [-0.2, 0) is 34.0 Å². The van der Waals surface area contributed by atoms with Crippen molar-refractivity contribution in [1.29, 1.82) is 0 Å². The van der Waals surface area contributed by atoms with E-state index >= 15 is 0 Å². The first-order chi connectivity index (χ1) is 19.4. The molecular formula is C27H38N4O9S. The Morgan fingerprint density at radius 2 is 1.61 bits per heavy atom. The molecule has 2 aliphatic heterocycles. The quantitative estimate of drug-likeness (QED) is 0.255. The van der Waals surface area contributed by atoms with Crippen molar-refractivity contribution >= 4 is 39.7 Å². The maximum absolute atomic E-state index is 13.2. The van der Waals surface area contributed by atoms with Gasteiger partial charge in [0.2, 0.25) is 27.7 Å². The summed E-state index contributed by atoms with van der Waals surface area (Å²) in [6.07, 6.45) is 1.42. The van der Waals surface area contributed by atoms with Gasteiger partial charge in [0, 0.05) is 39.0 Å². The number of aryl methyl sites for hydroxylation is 1. The topological polar surface area (TPSA) is 190 Å². The van der Waals surface area contributed by atoms with Gasteiger partial charge in [-0.2, -0.15) is 4.31 Å². The third-order valence-electron chi connectivity index (χ3n) is 7.52. The number of likely N-dealkylation sites (tertiary alicyclic amines) is 1. The number of hydrogen-bond donors (Lipinski definition) is 4. The standard InChI is InChI=1S/C27H38N4O9S/c1-18-4-6-20(7-5-18)41(39,40)31-14-2-3-22(31)26(36)29-21(27(37)38)8-10-24(33)30-15-12-19(13-16-30)17-28-23(32)9-11-25(34)35/h4-7,19,21-22H,2-3,8-17H2,1H3,(H,28,32)(H,29,36)(H,34,35)(H,37,38)/t21-,22+/m0/s1. The average Bonchev–Trinajstić information content (AvgIpc) is 3.44. The second kappa shape index (κ2) is 14.4. The monoisotopic (exact) mass is 594 g/mol. The molecule has 2 heterocycles. The molecule has 0 aliphatic carbocycles. The van der Waals surface area contributed by atoms with Gasteiger partial charge in [-0.3, -0.25) is 19.2 Å². The number of carboxylic acid groups (broad SMARTS) is 2. The fourth-order valence-electron chi connectivity index (χ4n) is 5.04. The molecule has 0 spiro atoms. The molecular weight excluding hydrogens is 556 g/mol. The molecule has 2 fully saturated rings. The number of piperidine rings is 1. The molecule has 3 rings (SSSR count). The summed E-state index contributed by atoms with van der Waals surface area (Å²) < 4.78 is 27.4. The van der Waals surface area contributed by atoms with Crippen molar-refractivity contribution in [2.45, 2.75) is 75.3 Å². The number of carbonyl (C=O) groups is 5. The molecule has 2 saturated heterocycles. The lowest BCUT2D eigenvalue weighted by atomic mass is 9.96. The molecule has 0 radical (unpaired) electrons. The summed E-state index contributed by atoms with van der Waals surface area (Å²) in [5.74, 6) is -3.49. The van der Waals surface area contributed by atoms with Crippen LogP contribution in [0, 0.1) is 12.8 Å². The Morgan fingerprint density at radius 1 is 0.951 bits per heavy atom. The maximum Gasteiger partial charge on any atom is 0.326 e. The predicted molar refractivity (Wildman–Crippen MR) is 146 cm³/mol. The number of carbonyl (C=O) groups excluding carboxylic acids is 3. The van der Waals surface area contributed by atoms with E-state index in [0.29, 0.717) is 38.9 Å². The third-order valence-corrected chi connectivity index (χ3v) is 9.44. The number of rotatable bonds is 13. The maximum atomic E-state index is 13.2. The number of sulfonamides is 1. The highest BCUT2D eigenvalue weighted by molar-refractivity contribution is 7.89. The summed E-state index contributed by atoms with van der Waals surface area (Å²) in [5, 5.41) is 23.5. The third kappa shape index (κ3) is 8.98. The second-order valence-electron chi connectivity index (χ2n) is 10.5. The molecule has 0 saturated carbocycles. The van der Waals surface area contributed by atoms with E-state index in [1.807, 2.05) is 6.92 Å². The van der Waals surface area contributed by atoms with E-state index in [1.165, 1.54) is 12.1 Å². The zero-order chi connectivity index (χ0) is 30.2. The van der Waals surface area contributed by atoms with Gasteiger partial charge in [-0.05, 0) is 57.1 Å². The van der Waals surface area contributed by atoms with Gasteiger partial charge in [-0.15, -0.1) is 0 Å². The Labute approximate surface area is 239 Å². The summed E-state index contributed by atoms with van der Waals surface area (Å²) in [7, 11) is -3.95. The van der Waals surface area contributed by atoms with Gasteiger partial charge in [-0.25, -0.2) is 13.2 Å². The molecule has 0 bridgehead atoms. The van der Waals surface area contributed by atoms with Gasteiger partial charge in [0.25, 0.3) is 0 Å². The summed E-state index contributed by atoms with van der Waals surface area (Å²) in [5.41, 5.74) is 0.890. The van der Waals surface area contributed by atoms with E-state index in [1.54, 1.807) is 17.0 Å². The van der Waals surface area contributed by atoms with Gasteiger partial charge in [0.05, 0.1) is 11.3 Å². The van der Waals surface area contributed by atoms with Crippen LogP contribution in [0.15, 0.2) is 29.2 Å². The molecule has 14 heteroatoms. The Bertz CT molecular complexity index is 1230. The van der Waals surface area contributed by atoms with Gasteiger partial charge < -0.3 is 25.7 Å². The number of benzene rings is 1. The van der Waals surface area contributed by atoms with Gasteiger partial charge in [0.15, 0.2) is 0 Å². The van der Waals surface area contributed by atoms with E-state index in [-0.39, 0.29) is 61.3 Å². The van der Waals surface area contributed by atoms with E-state index in [9.17, 15) is 37.5 Å². The Balaban J connectivity index is 1.48. The summed E-state index contributed by atoms with van der Waals surface area (Å²) in [4.78, 5) is 61.7. The van der Waals surface area contributed by atoms with Crippen molar-refractivity contribution in [3.63, 3.8) is 0 Å². The van der Waals surface area contributed by atoms with Crippen LogP contribution in [0.2, 0.25) is 0 Å². The average molecular weight is 595 g/mol. The Kier molecular flexibility index (Phi) is 11.2. The normalized spacial score (nSPS) is 19.0. The van der Waals surface area contributed by atoms with Crippen LogP contribution in [0.5, 0.6) is 0 Å². The Hall–Kier alpha value is -3.52. The smallest absolute Gasteiger partial charge is 0.326 e. The first-order valence-electron chi connectivity index (χ1n) is 13.8. The summed E-state index contributed by atoms with van der Waals surface area (Å²) in [6.45, 7) is 3.24. The number of carboxylic acids is 2. The van der Waals surface area contributed by atoms with E-state index < -0.39 is 40.0 Å². The Morgan fingerprint density at radius 3 is 2.22 bits per heavy atom. The van der Waals surface area contributed by atoms with Crippen molar-refractivity contribution < 1.29 is 42.6 Å². The lowest BCUT2D eigenvalue weighted by molar-refractivity contribution is -0.143. The molecule has 2 aliphatic rings. The molecule has 0 aromatic heterocycles. The van der Waals surface area contributed by atoms with Crippen LogP contribution in [0.4, 0.5) is 0 Å². The molecule has 3 amide bonds. The van der Waals surface area contributed by atoms with E-state index in [0.717, 1.165) is 9.87 Å². The summed E-state index contributed by atoms with van der Waals surface area (Å²) in [6, 6.07) is 3.90. The van der Waals surface area contributed by atoms with Crippen LogP contribution >= 0.6 is 0 Å². The fourth-order valence-corrected chi connectivity index (χ4v) is 6.70. The van der Waals surface area contributed by atoms with Crippen molar-refractivity contribution in [2.24, 2.45) is 5.92 Å². The van der Waals surface area contributed by atoms with Gasteiger partial charge in [-0.1, -0.05) is 17.7 Å². The van der Waals surface area contributed by atoms with Crippen LogP contribution < -0.4 is 10.6 Å². The van der Waals surface area contributed by atoms with E-state index in [4.69, 9.17) is 5.11 Å². The highest BCUT2D eigenvalue weighted by Crippen LogP contribution is 2.27. The second-order valence-corrected chi connectivity index (χ2v) is 12.4. The molecule has 1 aromatic carbocycles. The molecule has 41 heavy (non-hydrogen) atoms. The predicted octanol–water partition coefficient (Wildman–Crippen LogP) is 0.717. The first-order valence-corrected chi connectivity index (χ1v) is 15.2. The largest absolute Gasteiger partial charge is 0.481 e. The fraction of sp³-hybridized carbons (Fsp3) is 0.593. The van der Waals surface area contributed by atoms with Crippen LogP contribution in [-0.4, -0.2) is 95.8 Å². The minimum atomic E-state index is -3.95. The summed E-state index contributed by atoms with van der Waals surface area (Å²) >= 11 is 0. The minimum absolute atomic E-state index is 0.0625. The number of nitrogens with one attached hydrogen (secondary N) is 2. The van der Waals surface area contributed by atoms with E-state index in [2.05, 4.69) is 10.6 Å². The molecule has 4 N–H and O–H groups in total. The van der Waals surface area contributed by atoms with Crippen molar-refractivity contribution in [3.8, 4) is 0 Å². The highest BCUT2D eigenvalue weighted by atomic mass is 32.2. The number of amides is 3. The molecule has 1 aromatic rings. The van der Waals surface area contributed by atoms with Crippen molar-refractivity contribution in [2.75, 3.05) is 26.2 Å². The number of hydrogen-bond acceptors (Lipinski definition) is 7. The van der Waals surface area contributed by atoms with Crippen LogP contribution in [0.1, 0.15) is 56.9 Å². The van der Waals surface area contributed by atoms with Crippen molar-refractivity contribution in [1.82, 2.24) is 19.8 Å². The molecule has 13 nitrogen and oxygen atoms in total. The first kappa shape index (κ1) is 32.0. The zero-order valence-corrected chi connectivity index (χ0v) is 23.9. The lowest BCUT2D eigenvalue weighted by Crippen LogP contribution is -2.51. The zero-order valence-electron chi connectivity index (χ0n) is 23.1. The van der Waals surface area contributed by atoms with Gasteiger partial charge in [0.1, 0.15) is 12.1 Å².